The highest BCUT2D eigenvalue weighted by Crippen LogP contribution is 2.22. The first-order chi connectivity index (χ1) is 11.1. The molecule has 1 atom stereocenters. The number of hydrogen-bond acceptors (Lipinski definition) is 5. The summed E-state index contributed by atoms with van der Waals surface area (Å²) in [5.41, 5.74) is 0.253. The zero-order valence-electron chi connectivity index (χ0n) is 12.9. The number of ether oxygens (including phenoxy) is 2. The van der Waals surface area contributed by atoms with E-state index >= 15 is 0 Å². The first-order valence-corrected chi connectivity index (χ1v) is 9.40. The van der Waals surface area contributed by atoms with Crippen molar-refractivity contribution in [1.82, 2.24) is 4.31 Å². The average Bonchev–Trinajstić information content (AvgIpc) is 3.26. The topological polar surface area (TPSA) is 72.9 Å². The predicted molar refractivity (Wildman–Crippen MR) is 83.7 cm³/mol. The van der Waals surface area contributed by atoms with E-state index in [9.17, 15) is 13.2 Å². The van der Waals surface area contributed by atoms with Gasteiger partial charge in [-0.05, 0) is 43.9 Å². The number of carbonyl (C=O) groups is 1. The van der Waals surface area contributed by atoms with Gasteiger partial charge in [-0.25, -0.2) is 13.2 Å². The zero-order chi connectivity index (χ0) is 16.3. The first kappa shape index (κ1) is 16.4. The molecule has 2 aliphatic heterocycles. The van der Waals surface area contributed by atoms with Crippen LogP contribution in [0.3, 0.4) is 0 Å². The molecule has 6 nitrogen and oxygen atoms in total. The minimum Gasteiger partial charge on any atom is -0.459 e. The summed E-state index contributed by atoms with van der Waals surface area (Å²) in [6, 6.07) is 6.06. The Labute approximate surface area is 136 Å². The summed E-state index contributed by atoms with van der Waals surface area (Å²) in [5.74, 6) is -0.515. The number of hydrogen-bond donors (Lipinski definition) is 0. The summed E-state index contributed by atoms with van der Waals surface area (Å²) in [7, 11) is -3.52. The lowest BCUT2D eigenvalue weighted by Crippen LogP contribution is -2.28. The van der Waals surface area contributed by atoms with E-state index in [0.29, 0.717) is 19.7 Å². The molecular weight excluding hydrogens is 318 g/mol. The van der Waals surface area contributed by atoms with E-state index < -0.39 is 16.0 Å². The van der Waals surface area contributed by atoms with E-state index in [-0.39, 0.29) is 23.2 Å². The van der Waals surface area contributed by atoms with Crippen LogP contribution in [0.15, 0.2) is 29.2 Å². The lowest BCUT2D eigenvalue weighted by molar-refractivity contribution is 0.0161. The standard InChI is InChI=1S/C16H21NO5S/c18-16(22-12-14-6-4-10-21-14)13-5-3-7-15(11-13)23(19,20)17-8-1-2-9-17/h3,5,7,11,14H,1-2,4,6,8-10,12H2. The highest BCUT2D eigenvalue weighted by molar-refractivity contribution is 7.89. The van der Waals surface area contributed by atoms with Crippen LogP contribution in [0.1, 0.15) is 36.0 Å². The van der Waals surface area contributed by atoms with Gasteiger partial charge in [0.2, 0.25) is 10.0 Å². The Balaban J connectivity index is 1.70. The van der Waals surface area contributed by atoms with Gasteiger partial charge < -0.3 is 9.47 Å². The van der Waals surface area contributed by atoms with E-state index in [2.05, 4.69) is 0 Å². The van der Waals surface area contributed by atoms with Crippen molar-refractivity contribution in [3.63, 3.8) is 0 Å². The third-order valence-corrected chi connectivity index (χ3v) is 6.09. The van der Waals surface area contributed by atoms with E-state index in [4.69, 9.17) is 9.47 Å². The molecule has 2 aliphatic rings. The maximum Gasteiger partial charge on any atom is 0.338 e. The number of sulfonamides is 1. The van der Waals surface area contributed by atoms with E-state index in [1.165, 1.54) is 16.4 Å². The summed E-state index contributed by atoms with van der Waals surface area (Å²) >= 11 is 0. The molecule has 0 amide bonds. The Kier molecular flexibility index (Phi) is 4.99. The lowest BCUT2D eigenvalue weighted by atomic mass is 10.2. The minimum absolute atomic E-state index is 0.0459. The molecule has 2 heterocycles. The molecule has 7 heteroatoms. The van der Waals surface area contributed by atoms with Crippen molar-refractivity contribution in [2.24, 2.45) is 0 Å². The Morgan fingerprint density at radius 3 is 2.74 bits per heavy atom. The SMILES string of the molecule is O=C(OCC1CCCO1)c1cccc(S(=O)(=O)N2CCCC2)c1. The molecule has 0 radical (unpaired) electrons. The van der Waals surface area contributed by atoms with Crippen molar-refractivity contribution in [1.29, 1.82) is 0 Å². The average molecular weight is 339 g/mol. The van der Waals surface area contributed by atoms with Crippen LogP contribution in [0, 0.1) is 0 Å². The highest BCUT2D eigenvalue weighted by Gasteiger charge is 2.28. The van der Waals surface area contributed by atoms with E-state index in [1.54, 1.807) is 12.1 Å². The quantitative estimate of drug-likeness (QED) is 0.765. The fourth-order valence-corrected chi connectivity index (χ4v) is 4.45. The van der Waals surface area contributed by atoms with Crippen molar-refractivity contribution in [3.05, 3.63) is 29.8 Å². The largest absolute Gasteiger partial charge is 0.459 e. The number of nitrogens with zero attached hydrogens (tertiary/aromatic N) is 1. The van der Waals surface area contributed by atoms with Crippen molar-refractivity contribution >= 4 is 16.0 Å². The van der Waals surface area contributed by atoms with Crippen LogP contribution in [-0.2, 0) is 19.5 Å². The summed E-state index contributed by atoms with van der Waals surface area (Å²) in [4.78, 5) is 12.3. The second-order valence-electron chi connectivity index (χ2n) is 5.87. The van der Waals surface area contributed by atoms with Crippen LogP contribution in [0.2, 0.25) is 0 Å². The molecule has 2 saturated heterocycles. The van der Waals surface area contributed by atoms with Gasteiger partial charge in [-0.2, -0.15) is 4.31 Å². The van der Waals surface area contributed by atoms with Crippen LogP contribution in [0.5, 0.6) is 0 Å². The monoisotopic (exact) mass is 339 g/mol. The normalized spacial score (nSPS) is 22.3. The Hall–Kier alpha value is -1.44. The lowest BCUT2D eigenvalue weighted by Gasteiger charge is -2.16. The Morgan fingerprint density at radius 1 is 1.26 bits per heavy atom. The summed E-state index contributed by atoms with van der Waals surface area (Å²) in [6.45, 7) is 1.99. The second kappa shape index (κ2) is 6.98. The zero-order valence-corrected chi connectivity index (χ0v) is 13.8. The van der Waals surface area contributed by atoms with Crippen LogP contribution in [0.25, 0.3) is 0 Å². The Bertz CT molecular complexity index is 661. The number of rotatable bonds is 5. The van der Waals surface area contributed by atoms with Gasteiger partial charge in [-0.3, -0.25) is 0 Å². The van der Waals surface area contributed by atoms with Gasteiger partial charge in [-0.1, -0.05) is 6.07 Å². The molecule has 0 aliphatic carbocycles. The van der Waals surface area contributed by atoms with Crippen molar-refractivity contribution in [2.75, 3.05) is 26.3 Å². The van der Waals surface area contributed by atoms with Crippen LogP contribution in [-0.4, -0.2) is 51.1 Å². The van der Waals surface area contributed by atoms with E-state index in [1.807, 2.05) is 0 Å². The van der Waals surface area contributed by atoms with Gasteiger partial charge in [0.15, 0.2) is 0 Å². The third-order valence-electron chi connectivity index (χ3n) is 4.20. The van der Waals surface area contributed by atoms with Crippen molar-refractivity contribution in [3.8, 4) is 0 Å². The predicted octanol–water partition coefficient (Wildman–Crippen LogP) is 1.81. The molecule has 126 valence electrons. The summed E-state index contributed by atoms with van der Waals surface area (Å²) in [6.07, 6.45) is 3.57. The highest BCUT2D eigenvalue weighted by atomic mass is 32.2. The molecule has 0 bridgehead atoms. The van der Waals surface area contributed by atoms with Crippen LogP contribution >= 0.6 is 0 Å². The van der Waals surface area contributed by atoms with E-state index in [0.717, 1.165) is 25.7 Å². The molecule has 0 N–H and O–H groups in total. The summed E-state index contributed by atoms with van der Waals surface area (Å²) in [5, 5.41) is 0. The number of carbonyl (C=O) groups excluding carboxylic acids is 1. The van der Waals surface area contributed by atoms with Gasteiger partial charge in [0.25, 0.3) is 0 Å². The van der Waals surface area contributed by atoms with Crippen molar-refractivity contribution < 1.29 is 22.7 Å². The van der Waals surface area contributed by atoms with Gasteiger partial charge in [0.1, 0.15) is 6.61 Å². The Morgan fingerprint density at radius 2 is 2.04 bits per heavy atom. The maximum absolute atomic E-state index is 12.5. The molecule has 0 spiro atoms. The molecule has 1 aromatic rings. The van der Waals surface area contributed by atoms with Gasteiger partial charge in [0, 0.05) is 19.7 Å². The molecule has 0 saturated carbocycles. The first-order valence-electron chi connectivity index (χ1n) is 7.96. The third kappa shape index (κ3) is 3.73. The molecule has 2 fully saturated rings. The fourth-order valence-electron chi connectivity index (χ4n) is 2.89. The maximum atomic E-state index is 12.5. The molecule has 1 aromatic carbocycles. The van der Waals surface area contributed by atoms with Crippen LogP contribution < -0.4 is 0 Å². The van der Waals surface area contributed by atoms with Gasteiger partial charge in [0.05, 0.1) is 16.6 Å². The van der Waals surface area contributed by atoms with Gasteiger partial charge >= 0.3 is 5.97 Å². The number of esters is 1. The summed E-state index contributed by atoms with van der Waals surface area (Å²) < 4.78 is 37.2. The molecule has 23 heavy (non-hydrogen) atoms. The van der Waals surface area contributed by atoms with Crippen LogP contribution in [0.4, 0.5) is 0 Å². The van der Waals surface area contributed by atoms with Gasteiger partial charge in [-0.15, -0.1) is 0 Å². The molecular formula is C16H21NO5S. The second-order valence-corrected chi connectivity index (χ2v) is 7.81. The fraction of sp³-hybridized carbons (Fsp3) is 0.562. The number of benzene rings is 1. The smallest absolute Gasteiger partial charge is 0.338 e. The molecule has 1 unspecified atom stereocenters. The van der Waals surface area contributed by atoms with Crippen molar-refractivity contribution in [2.45, 2.75) is 36.7 Å². The molecule has 0 aromatic heterocycles. The molecule has 3 rings (SSSR count). The minimum atomic E-state index is -3.52.